The molecule has 0 radical (unpaired) electrons. The minimum absolute atomic E-state index is 0.214. The van der Waals surface area contributed by atoms with Gasteiger partial charge in [-0.15, -0.1) is 0 Å². The molecule has 0 heterocycles. The summed E-state index contributed by atoms with van der Waals surface area (Å²) in [6, 6.07) is 5.54. The third kappa shape index (κ3) is 4.77. The summed E-state index contributed by atoms with van der Waals surface area (Å²) in [6.07, 6.45) is 3.12. The second-order valence-electron chi connectivity index (χ2n) is 5.67. The number of nitrogens with one attached hydrogen (secondary N) is 1. The van der Waals surface area contributed by atoms with Crippen molar-refractivity contribution < 1.29 is 4.39 Å². The van der Waals surface area contributed by atoms with E-state index in [-0.39, 0.29) is 16.3 Å². The molecule has 0 aliphatic heterocycles. The number of benzene rings is 1. The van der Waals surface area contributed by atoms with Crippen molar-refractivity contribution in [3.05, 3.63) is 34.6 Å². The molecular formula is C16H25ClFN. The van der Waals surface area contributed by atoms with E-state index in [0.29, 0.717) is 6.04 Å². The Morgan fingerprint density at radius 2 is 1.89 bits per heavy atom. The fraction of sp³-hybridized carbons (Fsp3) is 0.625. The Bertz CT molecular complexity index is 400. The molecular weight excluding hydrogens is 261 g/mol. The first-order valence-electron chi connectivity index (χ1n) is 7.09. The van der Waals surface area contributed by atoms with Crippen molar-refractivity contribution in [2.75, 3.05) is 6.54 Å². The van der Waals surface area contributed by atoms with Crippen molar-refractivity contribution in [3.63, 3.8) is 0 Å². The van der Waals surface area contributed by atoms with Crippen molar-refractivity contribution in [2.24, 2.45) is 5.41 Å². The summed E-state index contributed by atoms with van der Waals surface area (Å²) in [5, 5.41) is 3.75. The number of hydrogen-bond donors (Lipinski definition) is 1. The van der Waals surface area contributed by atoms with Crippen LogP contribution in [0.4, 0.5) is 4.39 Å². The summed E-state index contributed by atoms with van der Waals surface area (Å²) >= 11 is 5.87. The summed E-state index contributed by atoms with van der Waals surface area (Å²) < 4.78 is 13.2. The Morgan fingerprint density at radius 3 is 2.37 bits per heavy atom. The Hall–Kier alpha value is -0.600. The zero-order valence-corrected chi connectivity index (χ0v) is 13.1. The Balaban J connectivity index is 2.84. The van der Waals surface area contributed by atoms with E-state index >= 15 is 0 Å². The fourth-order valence-electron chi connectivity index (χ4n) is 2.32. The average Bonchev–Trinajstić information content (AvgIpc) is 2.39. The lowest BCUT2D eigenvalue weighted by molar-refractivity contribution is 0.239. The fourth-order valence-corrected chi connectivity index (χ4v) is 2.52. The van der Waals surface area contributed by atoms with Gasteiger partial charge in [0.05, 0.1) is 5.02 Å². The van der Waals surface area contributed by atoms with Gasteiger partial charge in [0.2, 0.25) is 0 Å². The molecule has 1 aromatic carbocycles. The monoisotopic (exact) mass is 285 g/mol. The molecule has 0 saturated heterocycles. The highest BCUT2D eigenvalue weighted by Gasteiger charge is 2.26. The molecule has 19 heavy (non-hydrogen) atoms. The van der Waals surface area contributed by atoms with Gasteiger partial charge in [-0.1, -0.05) is 45.4 Å². The van der Waals surface area contributed by atoms with Gasteiger partial charge in [0.1, 0.15) is 5.82 Å². The molecule has 1 aromatic rings. The van der Waals surface area contributed by atoms with Crippen molar-refractivity contribution in [1.82, 2.24) is 5.32 Å². The van der Waals surface area contributed by atoms with Crippen LogP contribution >= 0.6 is 11.6 Å². The van der Waals surface area contributed by atoms with Crippen molar-refractivity contribution in [3.8, 4) is 0 Å². The summed E-state index contributed by atoms with van der Waals surface area (Å²) in [5.74, 6) is -0.343. The molecule has 1 N–H and O–H groups in total. The van der Waals surface area contributed by atoms with Crippen LogP contribution in [-0.2, 0) is 6.42 Å². The van der Waals surface area contributed by atoms with E-state index in [1.165, 1.54) is 6.07 Å². The lowest BCUT2D eigenvalue weighted by Crippen LogP contribution is -2.38. The number of halogens is 2. The second kappa shape index (κ2) is 7.25. The van der Waals surface area contributed by atoms with Crippen LogP contribution in [0.1, 0.15) is 46.1 Å². The van der Waals surface area contributed by atoms with Crippen molar-refractivity contribution in [1.29, 1.82) is 0 Å². The maximum Gasteiger partial charge on any atom is 0.141 e. The zero-order chi connectivity index (χ0) is 14.5. The molecule has 0 amide bonds. The van der Waals surface area contributed by atoms with Gasteiger partial charge in [-0.2, -0.15) is 0 Å². The van der Waals surface area contributed by atoms with E-state index in [1.54, 1.807) is 6.07 Å². The molecule has 0 fully saturated rings. The van der Waals surface area contributed by atoms with Crippen molar-refractivity contribution >= 4 is 11.6 Å². The van der Waals surface area contributed by atoms with Crippen LogP contribution in [0.5, 0.6) is 0 Å². The molecule has 0 aliphatic rings. The molecule has 1 rings (SSSR count). The second-order valence-corrected chi connectivity index (χ2v) is 6.08. The smallest absolute Gasteiger partial charge is 0.141 e. The maximum absolute atomic E-state index is 13.2. The van der Waals surface area contributed by atoms with Gasteiger partial charge < -0.3 is 5.32 Å². The van der Waals surface area contributed by atoms with Gasteiger partial charge in [-0.05, 0) is 42.4 Å². The standard InChI is InChI=1S/C16H25ClFN/c1-5-16(6-2,11-19-12(3)4)10-13-7-8-15(18)14(17)9-13/h7-9,12,19H,5-6,10-11H2,1-4H3. The summed E-state index contributed by atoms with van der Waals surface area (Å²) in [5.41, 5.74) is 1.33. The quantitative estimate of drug-likeness (QED) is 0.757. The topological polar surface area (TPSA) is 12.0 Å². The third-order valence-electron chi connectivity index (χ3n) is 3.95. The van der Waals surface area contributed by atoms with Crippen LogP contribution in [0.25, 0.3) is 0 Å². The van der Waals surface area contributed by atoms with E-state index in [4.69, 9.17) is 11.6 Å². The molecule has 0 bridgehead atoms. The largest absolute Gasteiger partial charge is 0.314 e. The first-order chi connectivity index (χ1) is 8.92. The van der Waals surface area contributed by atoms with Gasteiger partial charge in [0.25, 0.3) is 0 Å². The van der Waals surface area contributed by atoms with Crippen LogP contribution < -0.4 is 5.32 Å². The maximum atomic E-state index is 13.2. The minimum Gasteiger partial charge on any atom is -0.314 e. The average molecular weight is 286 g/mol. The summed E-state index contributed by atoms with van der Waals surface area (Å²) in [4.78, 5) is 0. The number of hydrogen-bond acceptors (Lipinski definition) is 1. The van der Waals surface area contributed by atoms with E-state index in [0.717, 1.165) is 31.4 Å². The molecule has 3 heteroatoms. The van der Waals surface area contributed by atoms with E-state index in [2.05, 4.69) is 33.0 Å². The van der Waals surface area contributed by atoms with E-state index in [1.807, 2.05) is 6.07 Å². The van der Waals surface area contributed by atoms with Crippen LogP contribution in [0.15, 0.2) is 18.2 Å². The zero-order valence-electron chi connectivity index (χ0n) is 12.4. The van der Waals surface area contributed by atoms with Crippen LogP contribution in [-0.4, -0.2) is 12.6 Å². The van der Waals surface area contributed by atoms with E-state index < -0.39 is 0 Å². The first-order valence-corrected chi connectivity index (χ1v) is 7.47. The molecule has 1 nitrogen and oxygen atoms in total. The highest BCUT2D eigenvalue weighted by Crippen LogP contribution is 2.31. The first kappa shape index (κ1) is 16.5. The predicted molar refractivity (Wildman–Crippen MR) is 81.3 cm³/mol. The Kier molecular flexibility index (Phi) is 6.28. The van der Waals surface area contributed by atoms with Gasteiger partial charge >= 0.3 is 0 Å². The van der Waals surface area contributed by atoms with E-state index in [9.17, 15) is 4.39 Å². The lowest BCUT2D eigenvalue weighted by atomic mass is 9.76. The SMILES string of the molecule is CCC(CC)(CNC(C)C)Cc1ccc(F)c(Cl)c1. The van der Waals surface area contributed by atoms with Crippen LogP contribution in [0, 0.1) is 11.2 Å². The number of rotatable bonds is 7. The van der Waals surface area contributed by atoms with Gasteiger partial charge in [-0.25, -0.2) is 4.39 Å². The molecule has 0 unspecified atom stereocenters. The Labute approximate surface area is 121 Å². The minimum atomic E-state index is -0.343. The predicted octanol–water partition coefficient (Wildman–Crippen LogP) is 4.83. The van der Waals surface area contributed by atoms with Gasteiger partial charge in [0.15, 0.2) is 0 Å². The summed E-state index contributed by atoms with van der Waals surface area (Å²) in [7, 11) is 0. The highest BCUT2D eigenvalue weighted by atomic mass is 35.5. The van der Waals surface area contributed by atoms with Crippen molar-refractivity contribution in [2.45, 2.75) is 53.0 Å². The molecule has 0 spiro atoms. The molecule has 0 saturated carbocycles. The highest BCUT2D eigenvalue weighted by molar-refractivity contribution is 6.30. The molecule has 0 aromatic heterocycles. The van der Waals surface area contributed by atoms with Gasteiger partial charge in [-0.3, -0.25) is 0 Å². The summed E-state index contributed by atoms with van der Waals surface area (Å²) in [6.45, 7) is 9.73. The molecule has 0 aliphatic carbocycles. The Morgan fingerprint density at radius 1 is 1.26 bits per heavy atom. The third-order valence-corrected chi connectivity index (χ3v) is 4.24. The lowest BCUT2D eigenvalue weighted by Gasteiger charge is -2.33. The normalized spacial score (nSPS) is 12.2. The molecule has 108 valence electrons. The van der Waals surface area contributed by atoms with Gasteiger partial charge in [0, 0.05) is 12.6 Å². The van der Waals surface area contributed by atoms with Crippen LogP contribution in [0.2, 0.25) is 5.02 Å². The molecule has 0 atom stereocenters. The van der Waals surface area contributed by atoms with Crippen LogP contribution in [0.3, 0.4) is 0 Å².